The number of rotatable bonds is 4. The largest absolute Gasteiger partial charge is 0.367 e. The van der Waals surface area contributed by atoms with Crippen LogP contribution in [0.5, 0.6) is 0 Å². The lowest BCUT2D eigenvalue weighted by molar-refractivity contribution is -0.138. The highest BCUT2D eigenvalue weighted by molar-refractivity contribution is 5.81. The highest BCUT2D eigenvalue weighted by Crippen LogP contribution is 2.22. The van der Waals surface area contributed by atoms with Crippen LogP contribution in [0.1, 0.15) is 35.1 Å². The Morgan fingerprint density at radius 3 is 2.07 bits per heavy atom. The molecular weight excluding hydrogens is 338 g/mol. The summed E-state index contributed by atoms with van der Waals surface area (Å²) in [6.07, 6.45) is 9.41. The van der Waals surface area contributed by atoms with Gasteiger partial charge in [0.05, 0.1) is 12.8 Å². The van der Waals surface area contributed by atoms with E-state index in [1.54, 1.807) is 0 Å². The van der Waals surface area contributed by atoms with Crippen molar-refractivity contribution in [3.8, 4) is 0 Å². The second-order valence-corrected chi connectivity index (χ2v) is 7.64. The Kier molecular flexibility index (Phi) is 5.28. The molecule has 0 radical (unpaired) electrons. The molecule has 4 rings (SSSR count). The van der Waals surface area contributed by atoms with Crippen LogP contribution < -0.4 is 0 Å². The number of carbonyl (C=O) groups is 2. The molecule has 2 heterocycles. The van der Waals surface area contributed by atoms with E-state index in [0.717, 1.165) is 17.5 Å². The van der Waals surface area contributed by atoms with Crippen molar-refractivity contribution in [2.45, 2.75) is 38.5 Å². The molecule has 1 fully saturated rings. The average Bonchev–Trinajstić information content (AvgIpc) is 3.21. The van der Waals surface area contributed by atoms with Crippen LogP contribution >= 0.6 is 0 Å². The zero-order valence-electron chi connectivity index (χ0n) is 15.7. The lowest BCUT2D eigenvalue weighted by Gasteiger charge is -2.35. The quantitative estimate of drug-likeness (QED) is 0.904. The average molecular weight is 365 g/mol. The number of nitrogens with one attached hydrogen (secondary N) is 1. The van der Waals surface area contributed by atoms with Crippen LogP contribution in [0.2, 0.25) is 0 Å². The summed E-state index contributed by atoms with van der Waals surface area (Å²) >= 11 is 0. The van der Waals surface area contributed by atoms with Gasteiger partial charge in [-0.05, 0) is 54.0 Å². The molecule has 1 aliphatic heterocycles. The second kappa shape index (κ2) is 7.99. The third-order valence-corrected chi connectivity index (χ3v) is 5.77. The van der Waals surface area contributed by atoms with Gasteiger partial charge in [-0.25, -0.2) is 0 Å². The van der Waals surface area contributed by atoms with Gasteiger partial charge in [0, 0.05) is 38.6 Å². The minimum atomic E-state index is 0.136. The van der Waals surface area contributed by atoms with E-state index in [4.69, 9.17) is 0 Å². The van der Waals surface area contributed by atoms with Crippen LogP contribution in [0.25, 0.3) is 0 Å². The van der Waals surface area contributed by atoms with Gasteiger partial charge in [-0.2, -0.15) is 0 Å². The molecule has 1 aliphatic carbocycles. The van der Waals surface area contributed by atoms with Crippen molar-refractivity contribution in [2.24, 2.45) is 0 Å². The first-order valence-electron chi connectivity index (χ1n) is 9.97. The lowest BCUT2D eigenvalue weighted by Crippen LogP contribution is -2.51. The minimum Gasteiger partial charge on any atom is -0.367 e. The number of aromatic nitrogens is 1. The highest BCUT2D eigenvalue weighted by atomic mass is 16.2. The molecule has 1 aromatic heterocycles. The van der Waals surface area contributed by atoms with E-state index in [-0.39, 0.29) is 11.8 Å². The number of aryl methyl sites for hydroxylation is 2. The van der Waals surface area contributed by atoms with Crippen LogP contribution in [-0.4, -0.2) is 52.8 Å². The fourth-order valence-electron chi connectivity index (χ4n) is 4.14. The number of nitrogens with zero attached hydrogens (tertiary/aromatic N) is 2. The van der Waals surface area contributed by atoms with Crippen LogP contribution in [0.3, 0.4) is 0 Å². The van der Waals surface area contributed by atoms with Crippen LogP contribution in [0, 0.1) is 0 Å². The van der Waals surface area contributed by atoms with Gasteiger partial charge in [0.1, 0.15) is 0 Å². The second-order valence-electron chi connectivity index (χ2n) is 7.64. The molecule has 142 valence electrons. The Morgan fingerprint density at radius 2 is 1.44 bits per heavy atom. The summed E-state index contributed by atoms with van der Waals surface area (Å²) < 4.78 is 0. The predicted octanol–water partition coefficient (Wildman–Crippen LogP) is 2.35. The van der Waals surface area contributed by atoms with E-state index in [9.17, 15) is 9.59 Å². The lowest BCUT2D eigenvalue weighted by atomic mass is 9.90. The van der Waals surface area contributed by atoms with E-state index < -0.39 is 0 Å². The molecule has 5 heteroatoms. The molecule has 2 aliphatic rings. The molecule has 0 unspecified atom stereocenters. The Bertz CT molecular complexity index is 805. The first kappa shape index (κ1) is 17.8. The Hall–Kier alpha value is -2.56. The van der Waals surface area contributed by atoms with E-state index in [1.165, 1.54) is 30.4 Å². The predicted molar refractivity (Wildman–Crippen MR) is 104 cm³/mol. The summed E-state index contributed by atoms with van der Waals surface area (Å²) in [4.78, 5) is 31.8. The Labute approximate surface area is 160 Å². The maximum atomic E-state index is 12.7. The monoisotopic (exact) mass is 365 g/mol. The topological polar surface area (TPSA) is 56.4 Å². The fraction of sp³-hybridized carbons (Fsp3) is 0.455. The van der Waals surface area contributed by atoms with Crippen molar-refractivity contribution in [1.82, 2.24) is 14.8 Å². The van der Waals surface area contributed by atoms with Crippen LogP contribution in [0.15, 0.2) is 36.7 Å². The maximum Gasteiger partial charge on any atom is 0.227 e. The number of aromatic amines is 1. The van der Waals surface area contributed by atoms with E-state index >= 15 is 0 Å². The molecule has 0 bridgehead atoms. The molecule has 1 aromatic carbocycles. The number of benzene rings is 1. The number of amides is 2. The molecule has 1 N–H and O–H groups in total. The molecular formula is C22H27N3O2. The fourth-order valence-corrected chi connectivity index (χ4v) is 4.14. The Morgan fingerprint density at radius 1 is 0.815 bits per heavy atom. The van der Waals surface area contributed by atoms with Gasteiger partial charge < -0.3 is 14.8 Å². The maximum absolute atomic E-state index is 12.7. The van der Waals surface area contributed by atoms with Crippen LogP contribution in [0.4, 0.5) is 0 Å². The smallest absolute Gasteiger partial charge is 0.227 e. The normalized spacial score (nSPS) is 16.9. The van der Waals surface area contributed by atoms with Crippen LogP contribution in [-0.2, 0) is 35.3 Å². The zero-order valence-corrected chi connectivity index (χ0v) is 15.7. The molecule has 27 heavy (non-hydrogen) atoms. The minimum absolute atomic E-state index is 0.136. The zero-order chi connectivity index (χ0) is 18.6. The van der Waals surface area contributed by atoms with Crippen molar-refractivity contribution < 1.29 is 9.59 Å². The molecule has 1 saturated heterocycles. The van der Waals surface area contributed by atoms with Crippen molar-refractivity contribution in [2.75, 3.05) is 26.2 Å². The summed E-state index contributed by atoms with van der Waals surface area (Å²) in [6.45, 7) is 2.50. The summed E-state index contributed by atoms with van der Waals surface area (Å²) in [5.41, 5.74) is 5.00. The standard InChI is InChI=1S/C22H27N3O2/c26-21(14-17-5-6-19-3-1-2-4-20(19)13-17)24-9-11-25(12-10-24)22(27)15-18-7-8-23-16-18/h5-8,13,16,23H,1-4,9-12,14-15H2. The van der Waals surface area contributed by atoms with E-state index in [0.29, 0.717) is 39.0 Å². The van der Waals surface area contributed by atoms with Crippen molar-refractivity contribution in [3.63, 3.8) is 0 Å². The van der Waals surface area contributed by atoms with Gasteiger partial charge in [0.2, 0.25) is 11.8 Å². The highest BCUT2D eigenvalue weighted by Gasteiger charge is 2.24. The number of piperazine rings is 1. The summed E-state index contributed by atoms with van der Waals surface area (Å²) in [5, 5.41) is 0. The molecule has 2 amide bonds. The van der Waals surface area contributed by atoms with Crippen molar-refractivity contribution in [3.05, 3.63) is 58.9 Å². The van der Waals surface area contributed by atoms with Gasteiger partial charge in [0.15, 0.2) is 0 Å². The summed E-state index contributed by atoms with van der Waals surface area (Å²) in [6, 6.07) is 8.47. The molecule has 5 nitrogen and oxygen atoms in total. The number of hydrogen-bond donors (Lipinski definition) is 1. The van der Waals surface area contributed by atoms with Gasteiger partial charge >= 0.3 is 0 Å². The Balaban J connectivity index is 1.29. The molecule has 0 spiro atoms. The molecule has 2 aromatic rings. The third-order valence-electron chi connectivity index (χ3n) is 5.77. The number of hydrogen-bond acceptors (Lipinski definition) is 2. The molecule has 0 atom stereocenters. The van der Waals surface area contributed by atoms with E-state index in [2.05, 4.69) is 23.2 Å². The van der Waals surface area contributed by atoms with Gasteiger partial charge in [-0.1, -0.05) is 18.2 Å². The first-order chi connectivity index (χ1) is 13.2. The van der Waals surface area contributed by atoms with Gasteiger partial charge in [0.25, 0.3) is 0 Å². The SMILES string of the molecule is O=C(Cc1cc[nH]c1)N1CCN(C(=O)Cc2ccc3c(c2)CCCC3)CC1. The van der Waals surface area contributed by atoms with Crippen molar-refractivity contribution in [1.29, 1.82) is 0 Å². The number of H-pyrrole nitrogens is 1. The van der Waals surface area contributed by atoms with E-state index in [1.807, 2.05) is 28.3 Å². The summed E-state index contributed by atoms with van der Waals surface area (Å²) in [5.74, 6) is 0.305. The van der Waals surface area contributed by atoms with Gasteiger partial charge in [-0.15, -0.1) is 0 Å². The first-order valence-corrected chi connectivity index (χ1v) is 9.97. The number of fused-ring (bicyclic) bond motifs is 1. The van der Waals surface area contributed by atoms with Crippen molar-refractivity contribution >= 4 is 11.8 Å². The van der Waals surface area contributed by atoms with Gasteiger partial charge in [-0.3, -0.25) is 9.59 Å². The third kappa shape index (κ3) is 4.24. The molecule has 0 saturated carbocycles. The number of carbonyl (C=O) groups excluding carboxylic acids is 2. The summed E-state index contributed by atoms with van der Waals surface area (Å²) in [7, 11) is 0.